The number of halogens is 3. The molecule has 41 heavy (non-hydrogen) atoms. The van der Waals surface area contributed by atoms with E-state index < -0.39 is 17.7 Å². The number of aromatic nitrogens is 1. The maximum atomic E-state index is 13.8. The van der Waals surface area contributed by atoms with Gasteiger partial charge < -0.3 is 23.7 Å². The van der Waals surface area contributed by atoms with E-state index in [1.807, 2.05) is 18.2 Å². The Kier molecular flexibility index (Phi) is 5.39. The minimum Gasteiger partial charge on any atom is -0.475 e. The van der Waals surface area contributed by atoms with Gasteiger partial charge in [0.15, 0.2) is 0 Å². The molecule has 2 aromatic heterocycles. The minimum absolute atomic E-state index is 0.0217. The summed E-state index contributed by atoms with van der Waals surface area (Å²) in [5.74, 6) is 0.405. The summed E-state index contributed by atoms with van der Waals surface area (Å²) in [4.78, 5) is 13.8. The molecule has 2 aromatic carbocycles. The number of nitrogens with zero attached hydrogens (tertiary/aromatic N) is 2. The number of fused-ring (bicyclic) bond motifs is 5. The van der Waals surface area contributed by atoms with Gasteiger partial charge in [0.1, 0.15) is 17.0 Å². The van der Waals surface area contributed by atoms with Crippen molar-refractivity contribution < 1.29 is 36.7 Å². The molecule has 4 aromatic rings. The molecule has 4 fully saturated rings. The highest BCUT2D eigenvalue weighted by Gasteiger charge is 2.63. The molecular formula is C31H27F3N2O5. The van der Waals surface area contributed by atoms with Crippen molar-refractivity contribution in [3.63, 3.8) is 0 Å². The number of carboxylic acid groups (broad SMARTS) is 1. The molecule has 1 N–H and O–H groups in total. The maximum absolute atomic E-state index is 13.8. The van der Waals surface area contributed by atoms with E-state index in [1.54, 1.807) is 12.1 Å². The van der Waals surface area contributed by atoms with Gasteiger partial charge in [-0.15, -0.1) is 0 Å². The highest BCUT2D eigenvalue weighted by atomic mass is 19.4. The van der Waals surface area contributed by atoms with Crippen LogP contribution in [0.5, 0.6) is 0 Å². The lowest BCUT2D eigenvalue weighted by molar-refractivity contribution is -0.137. The lowest BCUT2D eigenvalue weighted by Gasteiger charge is -2.36. The molecule has 2 aliphatic heterocycles. The van der Waals surface area contributed by atoms with Crippen molar-refractivity contribution >= 4 is 22.6 Å². The number of carboxylic acids is 1. The van der Waals surface area contributed by atoms with Crippen molar-refractivity contribution in [3.05, 3.63) is 71.2 Å². The highest BCUT2D eigenvalue weighted by Crippen LogP contribution is 2.59. The topological polar surface area (TPSA) is 88.9 Å². The number of hydrogen-bond donors (Lipinski definition) is 1. The van der Waals surface area contributed by atoms with Gasteiger partial charge in [-0.05, 0) is 68.4 Å². The number of ether oxygens (including phenoxy) is 1. The third kappa shape index (κ3) is 4.06. The highest BCUT2D eigenvalue weighted by molar-refractivity contribution is 5.92. The molecule has 7 nitrogen and oxygen atoms in total. The zero-order valence-electron chi connectivity index (χ0n) is 21.9. The number of benzene rings is 2. The van der Waals surface area contributed by atoms with Crippen LogP contribution in [0.2, 0.25) is 0 Å². The molecule has 4 aliphatic rings. The fourth-order valence-electron chi connectivity index (χ4n) is 7.39. The van der Waals surface area contributed by atoms with Crippen molar-refractivity contribution in [2.75, 3.05) is 4.90 Å². The first-order valence-electron chi connectivity index (χ1n) is 14.1. The van der Waals surface area contributed by atoms with Gasteiger partial charge in [-0.1, -0.05) is 23.4 Å². The summed E-state index contributed by atoms with van der Waals surface area (Å²) in [5.41, 5.74) is 1.75. The van der Waals surface area contributed by atoms with Crippen LogP contribution < -0.4 is 4.90 Å². The van der Waals surface area contributed by atoms with Crippen molar-refractivity contribution in [3.8, 4) is 11.3 Å². The van der Waals surface area contributed by atoms with Gasteiger partial charge in [-0.3, -0.25) is 0 Å². The standard InChI is InChI=1S/C31H27F3N2O5/c32-31(33,34)22-4-2-1-3-19(22)27-21(28(41-35-27)15-5-6-15)14-39-29-20-13-18-7-9-23(26(20)29)36(18)17-8-10-24-16(11-17)12-25(40-24)30(37)38/h1-4,8,10-12,15,18,20,23,26,29H,5-7,9,13-14H2,(H,37,38). The SMILES string of the molecule is O=C(O)c1cc2cc(N3C4CCC3C3C(C4)C3OCc3c(-c4ccccc4C(F)(F)F)noc3C3CC3)ccc2o1. The number of aromatic carboxylic acids is 1. The second-order valence-electron chi connectivity index (χ2n) is 11.8. The molecule has 212 valence electrons. The van der Waals surface area contributed by atoms with E-state index in [0.717, 1.165) is 49.2 Å². The second kappa shape index (κ2) is 8.85. The molecule has 8 rings (SSSR count). The van der Waals surface area contributed by atoms with E-state index in [-0.39, 0.29) is 35.6 Å². The van der Waals surface area contributed by atoms with Crippen LogP contribution in [0.1, 0.15) is 65.5 Å². The number of carbonyl (C=O) groups is 1. The van der Waals surface area contributed by atoms with E-state index in [1.165, 1.54) is 12.1 Å². The zero-order chi connectivity index (χ0) is 28.0. The van der Waals surface area contributed by atoms with Gasteiger partial charge in [-0.2, -0.15) is 13.2 Å². The van der Waals surface area contributed by atoms with Gasteiger partial charge in [0.2, 0.25) is 5.76 Å². The minimum atomic E-state index is -4.50. The predicted octanol–water partition coefficient (Wildman–Crippen LogP) is 7.25. The number of hydrogen-bond acceptors (Lipinski definition) is 6. The van der Waals surface area contributed by atoms with Crippen molar-refractivity contribution in [2.24, 2.45) is 11.8 Å². The summed E-state index contributed by atoms with van der Waals surface area (Å²) in [7, 11) is 0. The summed E-state index contributed by atoms with van der Waals surface area (Å²) in [6, 6.07) is 13.5. The molecular weight excluding hydrogens is 537 g/mol. The Hall–Kier alpha value is -3.79. The van der Waals surface area contributed by atoms with E-state index in [2.05, 4.69) is 10.1 Å². The fourth-order valence-corrected chi connectivity index (χ4v) is 7.39. The number of rotatable bonds is 7. The Morgan fingerprint density at radius 1 is 1.10 bits per heavy atom. The lowest BCUT2D eigenvalue weighted by Crippen LogP contribution is -2.41. The normalized spacial score (nSPS) is 26.9. The first kappa shape index (κ1) is 25.0. The van der Waals surface area contributed by atoms with Gasteiger partial charge in [0.25, 0.3) is 0 Å². The maximum Gasteiger partial charge on any atom is 0.417 e. The van der Waals surface area contributed by atoms with Crippen LogP contribution in [0, 0.1) is 11.8 Å². The average molecular weight is 565 g/mol. The number of piperidine rings is 1. The van der Waals surface area contributed by atoms with Crippen LogP contribution >= 0.6 is 0 Å². The van der Waals surface area contributed by atoms with Crippen molar-refractivity contribution in [1.29, 1.82) is 0 Å². The van der Waals surface area contributed by atoms with Crippen molar-refractivity contribution in [1.82, 2.24) is 5.16 Å². The smallest absolute Gasteiger partial charge is 0.417 e. The van der Waals surface area contributed by atoms with Gasteiger partial charge in [-0.25, -0.2) is 4.79 Å². The van der Waals surface area contributed by atoms with E-state index in [9.17, 15) is 23.1 Å². The molecule has 2 aliphatic carbocycles. The van der Waals surface area contributed by atoms with Gasteiger partial charge in [0, 0.05) is 46.1 Å². The Balaban J connectivity index is 1.04. The summed E-state index contributed by atoms with van der Waals surface area (Å²) in [5, 5.41) is 14.2. The third-order valence-corrected chi connectivity index (χ3v) is 9.37. The quantitative estimate of drug-likeness (QED) is 0.253. The van der Waals surface area contributed by atoms with Gasteiger partial charge >= 0.3 is 12.1 Å². The molecule has 0 amide bonds. The first-order chi connectivity index (χ1) is 19.8. The van der Waals surface area contributed by atoms with Crippen LogP contribution in [-0.4, -0.2) is 34.4 Å². The van der Waals surface area contributed by atoms with E-state index >= 15 is 0 Å². The monoisotopic (exact) mass is 564 g/mol. The molecule has 4 heterocycles. The molecule has 0 spiro atoms. The van der Waals surface area contributed by atoms with E-state index in [4.69, 9.17) is 13.7 Å². The molecule has 0 radical (unpaired) electrons. The number of anilines is 1. The Labute approximate surface area is 232 Å². The van der Waals surface area contributed by atoms with Crippen LogP contribution in [0.15, 0.2) is 57.5 Å². The molecule has 2 saturated carbocycles. The zero-order valence-corrected chi connectivity index (χ0v) is 21.9. The fraction of sp³-hybridized carbons (Fsp3) is 0.419. The summed E-state index contributed by atoms with van der Waals surface area (Å²) in [6.45, 7) is 0.171. The largest absolute Gasteiger partial charge is 0.475 e. The van der Waals surface area contributed by atoms with E-state index in [0.29, 0.717) is 40.8 Å². The molecule has 5 atom stereocenters. The molecule has 2 bridgehead atoms. The summed E-state index contributed by atoms with van der Waals surface area (Å²) >= 11 is 0. The predicted molar refractivity (Wildman–Crippen MR) is 142 cm³/mol. The van der Waals surface area contributed by atoms with Crippen LogP contribution in [0.4, 0.5) is 18.9 Å². The second-order valence-corrected chi connectivity index (χ2v) is 11.8. The number of furan rings is 1. The van der Waals surface area contributed by atoms with Gasteiger partial charge in [0.05, 0.1) is 18.3 Å². The third-order valence-electron chi connectivity index (χ3n) is 9.37. The van der Waals surface area contributed by atoms with Crippen molar-refractivity contribution in [2.45, 2.75) is 69.0 Å². The Morgan fingerprint density at radius 3 is 2.71 bits per heavy atom. The lowest BCUT2D eigenvalue weighted by atomic mass is 9.99. The summed E-state index contributed by atoms with van der Waals surface area (Å²) < 4.78 is 59.1. The Morgan fingerprint density at radius 2 is 1.93 bits per heavy atom. The molecule has 5 unspecified atom stereocenters. The van der Waals surface area contributed by atoms with Crippen LogP contribution in [0.3, 0.4) is 0 Å². The Bertz CT molecular complexity index is 1670. The molecule has 10 heteroatoms. The first-order valence-corrected chi connectivity index (χ1v) is 14.1. The number of alkyl halides is 3. The average Bonchev–Trinajstić information content (AvgIpc) is 3.77. The summed E-state index contributed by atoms with van der Waals surface area (Å²) in [6.07, 6.45) is 0.506. The molecule has 2 saturated heterocycles. The van der Waals surface area contributed by atoms with Crippen LogP contribution in [0.25, 0.3) is 22.2 Å². The van der Waals surface area contributed by atoms with Crippen LogP contribution in [-0.2, 0) is 17.5 Å².